The number of aryl methyl sites for hydroxylation is 1. The molecule has 2 N–H and O–H groups in total. The van der Waals surface area contributed by atoms with E-state index in [1.54, 1.807) is 31.8 Å². The van der Waals surface area contributed by atoms with Gasteiger partial charge in [-0.05, 0) is 18.6 Å². The van der Waals surface area contributed by atoms with Gasteiger partial charge in [-0.25, -0.2) is 9.78 Å². The molecule has 2 aromatic rings. The number of carbonyl (C=O) groups is 1. The fraction of sp³-hybridized carbons (Fsp3) is 0.286. The number of nitrogens with one attached hydrogen (secondary N) is 2. The number of hydrogen-bond acceptors (Lipinski definition) is 3. The van der Waals surface area contributed by atoms with Crippen molar-refractivity contribution in [2.45, 2.75) is 13.0 Å². The monoisotopic (exact) mass is 274 g/mol. The summed E-state index contributed by atoms with van der Waals surface area (Å²) in [5.74, 6) is 0.640. The van der Waals surface area contributed by atoms with E-state index in [0.717, 1.165) is 13.0 Å². The number of para-hydroxylation sites is 2. The molecular formula is C14H18N4O2. The zero-order valence-electron chi connectivity index (χ0n) is 11.4. The Morgan fingerprint density at radius 3 is 3.00 bits per heavy atom. The Bertz CT molecular complexity index is 540. The summed E-state index contributed by atoms with van der Waals surface area (Å²) in [6, 6.07) is 7.06. The van der Waals surface area contributed by atoms with E-state index in [1.165, 1.54) is 0 Å². The SMILES string of the molecule is COc1ccccc1NC(=O)NCCCn1ccnc1. The largest absolute Gasteiger partial charge is 0.495 e. The molecule has 2 rings (SSSR count). The molecular weight excluding hydrogens is 256 g/mol. The predicted octanol–water partition coefficient (Wildman–Crippen LogP) is 2.10. The zero-order chi connectivity index (χ0) is 14.2. The van der Waals surface area contributed by atoms with Gasteiger partial charge in [0.1, 0.15) is 5.75 Å². The Morgan fingerprint density at radius 1 is 1.40 bits per heavy atom. The molecule has 0 unspecified atom stereocenters. The molecule has 0 saturated carbocycles. The Hall–Kier alpha value is -2.50. The van der Waals surface area contributed by atoms with Gasteiger partial charge >= 0.3 is 6.03 Å². The summed E-state index contributed by atoms with van der Waals surface area (Å²) in [5, 5.41) is 5.57. The fourth-order valence-electron chi connectivity index (χ4n) is 1.80. The second kappa shape index (κ2) is 7.18. The van der Waals surface area contributed by atoms with E-state index in [9.17, 15) is 4.79 Å². The number of urea groups is 1. The molecule has 6 nitrogen and oxygen atoms in total. The molecule has 0 aliphatic rings. The fourth-order valence-corrected chi connectivity index (χ4v) is 1.80. The summed E-state index contributed by atoms with van der Waals surface area (Å²) in [6.07, 6.45) is 6.24. The molecule has 1 aromatic heterocycles. The van der Waals surface area contributed by atoms with E-state index in [4.69, 9.17) is 4.74 Å². The molecule has 20 heavy (non-hydrogen) atoms. The third-order valence-electron chi connectivity index (χ3n) is 2.79. The van der Waals surface area contributed by atoms with Crippen LogP contribution in [0, 0.1) is 0 Å². The van der Waals surface area contributed by atoms with Crippen LogP contribution in [0.1, 0.15) is 6.42 Å². The lowest BCUT2D eigenvalue weighted by Crippen LogP contribution is -2.30. The van der Waals surface area contributed by atoms with Crippen molar-refractivity contribution in [1.82, 2.24) is 14.9 Å². The normalized spacial score (nSPS) is 10.1. The van der Waals surface area contributed by atoms with Gasteiger partial charge in [-0.2, -0.15) is 0 Å². The van der Waals surface area contributed by atoms with Gasteiger partial charge in [0.2, 0.25) is 0 Å². The minimum atomic E-state index is -0.236. The lowest BCUT2D eigenvalue weighted by Gasteiger charge is -2.10. The van der Waals surface area contributed by atoms with Crippen LogP contribution in [0.5, 0.6) is 5.75 Å². The molecule has 1 aromatic carbocycles. The number of aromatic nitrogens is 2. The maximum Gasteiger partial charge on any atom is 0.319 e. The Balaban J connectivity index is 1.72. The van der Waals surface area contributed by atoms with Gasteiger partial charge in [0.05, 0.1) is 19.1 Å². The standard InChI is InChI=1S/C14H18N4O2/c1-20-13-6-3-2-5-12(13)17-14(19)16-7-4-9-18-10-8-15-11-18/h2-3,5-6,8,10-11H,4,7,9H2,1H3,(H2,16,17,19). The summed E-state index contributed by atoms with van der Waals surface area (Å²) >= 11 is 0. The van der Waals surface area contributed by atoms with Gasteiger partial charge in [0, 0.05) is 25.5 Å². The van der Waals surface area contributed by atoms with Crippen LogP contribution in [0.15, 0.2) is 43.0 Å². The summed E-state index contributed by atoms with van der Waals surface area (Å²) in [6.45, 7) is 1.42. The van der Waals surface area contributed by atoms with Crippen LogP contribution in [0.2, 0.25) is 0 Å². The van der Waals surface area contributed by atoms with Crippen molar-refractivity contribution >= 4 is 11.7 Å². The summed E-state index contributed by atoms with van der Waals surface area (Å²) in [4.78, 5) is 15.7. The molecule has 0 saturated heterocycles. The Kier molecular flexibility index (Phi) is 5.00. The highest BCUT2D eigenvalue weighted by atomic mass is 16.5. The van der Waals surface area contributed by atoms with Crippen molar-refractivity contribution in [1.29, 1.82) is 0 Å². The predicted molar refractivity (Wildman–Crippen MR) is 76.9 cm³/mol. The van der Waals surface area contributed by atoms with Gasteiger partial charge in [0.25, 0.3) is 0 Å². The first-order valence-corrected chi connectivity index (χ1v) is 6.43. The van der Waals surface area contributed by atoms with E-state index in [0.29, 0.717) is 18.0 Å². The average Bonchev–Trinajstić information content (AvgIpc) is 2.97. The number of hydrogen-bond donors (Lipinski definition) is 2. The lowest BCUT2D eigenvalue weighted by atomic mass is 10.3. The number of nitrogens with zero attached hydrogens (tertiary/aromatic N) is 2. The van der Waals surface area contributed by atoms with Gasteiger partial charge in [-0.1, -0.05) is 12.1 Å². The molecule has 0 spiro atoms. The average molecular weight is 274 g/mol. The molecule has 0 aliphatic heterocycles. The lowest BCUT2D eigenvalue weighted by molar-refractivity contribution is 0.251. The number of anilines is 1. The van der Waals surface area contributed by atoms with Crippen LogP contribution in [0.4, 0.5) is 10.5 Å². The maximum atomic E-state index is 11.7. The number of amides is 2. The third kappa shape index (κ3) is 4.01. The van der Waals surface area contributed by atoms with Crippen molar-refractivity contribution in [3.05, 3.63) is 43.0 Å². The van der Waals surface area contributed by atoms with Crippen LogP contribution < -0.4 is 15.4 Å². The molecule has 6 heteroatoms. The third-order valence-corrected chi connectivity index (χ3v) is 2.79. The van der Waals surface area contributed by atoms with Crippen molar-refractivity contribution < 1.29 is 9.53 Å². The first-order chi connectivity index (χ1) is 9.79. The van der Waals surface area contributed by atoms with Crippen LogP contribution in [0.3, 0.4) is 0 Å². The number of imidazole rings is 1. The smallest absolute Gasteiger partial charge is 0.319 e. The second-order valence-electron chi connectivity index (χ2n) is 4.24. The molecule has 0 fully saturated rings. The quantitative estimate of drug-likeness (QED) is 0.793. The minimum absolute atomic E-state index is 0.236. The molecule has 0 atom stereocenters. The van der Waals surface area contributed by atoms with Gasteiger partial charge in [-0.3, -0.25) is 0 Å². The maximum absolute atomic E-state index is 11.7. The molecule has 0 aliphatic carbocycles. The zero-order valence-corrected chi connectivity index (χ0v) is 11.4. The topological polar surface area (TPSA) is 68.2 Å². The highest BCUT2D eigenvalue weighted by Gasteiger charge is 2.05. The number of benzene rings is 1. The van der Waals surface area contributed by atoms with Gasteiger partial charge in [-0.15, -0.1) is 0 Å². The van der Waals surface area contributed by atoms with Crippen molar-refractivity contribution in [3.63, 3.8) is 0 Å². The number of ether oxygens (including phenoxy) is 1. The van der Waals surface area contributed by atoms with Crippen LogP contribution in [-0.2, 0) is 6.54 Å². The number of carbonyl (C=O) groups excluding carboxylic acids is 1. The van der Waals surface area contributed by atoms with Crippen molar-refractivity contribution in [3.8, 4) is 5.75 Å². The number of rotatable bonds is 6. The molecule has 106 valence electrons. The first-order valence-electron chi connectivity index (χ1n) is 6.43. The van der Waals surface area contributed by atoms with E-state index >= 15 is 0 Å². The summed E-state index contributed by atoms with van der Waals surface area (Å²) in [5.41, 5.74) is 0.655. The first kappa shape index (κ1) is 13.9. The van der Waals surface area contributed by atoms with E-state index in [-0.39, 0.29) is 6.03 Å². The van der Waals surface area contributed by atoms with Crippen molar-refractivity contribution in [2.24, 2.45) is 0 Å². The highest BCUT2D eigenvalue weighted by Crippen LogP contribution is 2.22. The van der Waals surface area contributed by atoms with E-state index in [1.807, 2.05) is 22.9 Å². The number of methoxy groups -OCH3 is 1. The summed E-state index contributed by atoms with van der Waals surface area (Å²) < 4.78 is 7.14. The molecule has 2 amide bonds. The molecule has 1 heterocycles. The second-order valence-corrected chi connectivity index (χ2v) is 4.24. The van der Waals surface area contributed by atoms with E-state index in [2.05, 4.69) is 15.6 Å². The van der Waals surface area contributed by atoms with Gasteiger partial charge in [0.15, 0.2) is 0 Å². The molecule has 0 bridgehead atoms. The Morgan fingerprint density at radius 2 is 2.25 bits per heavy atom. The Labute approximate surface area is 117 Å². The molecule has 0 radical (unpaired) electrons. The summed E-state index contributed by atoms with van der Waals surface area (Å²) in [7, 11) is 1.57. The van der Waals surface area contributed by atoms with Crippen LogP contribution >= 0.6 is 0 Å². The van der Waals surface area contributed by atoms with Crippen LogP contribution in [-0.4, -0.2) is 29.2 Å². The van der Waals surface area contributed by atoms with Crippen LogP contribution in [0.25, 0.3) is 0 Å². The highest BCUT2D eigenvalue weighted by molar-refractivity contribution is 5.90. The van der Waals surface area contributed by atoms with Crippen molar-refractivity contribution in [2.75, 3.05) is 19.0 Å². The van der Waals surface area contributed by atoms with Gasteiger partial charge < -0.3 is 19.9 Å². The van der Waals surface area contributed by atoms with E-state index < -0.39 is 0 Å². The minimum Gasteiger partial charge on any atom is -0.495 e.